The number of ether oxygens (including phenoxy) is 1. The van der Waals surface area contributed by atoms with Crippen molar-refractivity contribution in [1.82, 2.24) is 4.90 Å². The molecule has 2 atom stereocenters. The van der Waals surface area contributed by atoms with Crippen molar-refractivity contribution in [2.45, 2.75) is 57.3 Å². The first-order valence-corrected chi connectivity index (χ1v) is 11.1. The Kier molecular flexibility index (Phi) is 5.10. The Morgan fingerprint density at radius 1 is 1.03 bits per heavy atom. The van der Waals surface area contributed by atoms with Crippen LogP contribution in [0.1, 0.15) is 46.8 Å². The first-order valence-electron chi connectivity index (χ1n) is 11.1. The zero-order chi connectivity index (χ0) is 20.0. The van der Waals surface area contributed by atoms with Crippen LogP contribution in [0.5, 0.6) is 5.75 Å². The van der Waals surface area contributed by atoms with E-state index in [9.17, 15) is 5.11 Å². The summed E-state index contributed by atoms with van der Waals surface area (Å²) in [5.41, 5.74) is 12.2. The molecule has 3 N–H and O–H groups in total. The summed E-state index contributed by atoms with van der Waals surface area (Å²) in [7, 11) is 0. The summed E-state index contributed by atoms with van der Waals surface area (Å²) >= 11 is 0. The summed E-state index contributed by atoms with van der Waals surface area (Å²) in [5, 5.41) is 10.6. The average molecular weight is 393 g/mol. The Balaban J connectivity index is 1.25. The van der Waals surface area contributed by atoms with Crippen molar-refractivity contribution >= 4 is 0 Å². The second-order valence-corrected chi connectivity index (χ2v) is 9.11. The quantitative estimate of drug-likeness (QED) is 0.839. The molecule has 2 heterocycles. The van der Waals surface area contributed by atoms with Crippen molar-refractivity contribution in [3.8, 4) is 5.75 Å². The van der Waals surface area contributed by atoms with Gasteiger partial charge in [-0.15, -0.1) is 0 Å². The number of aromatic hydroxyl groups is 1. The number of hydrogen-bond donors (Lipinski definition) is 2. The minimum absolute atomic E-state index is 0.0994. The van der Waals surface area contributed by atoms with E-state index in [2.05, 4.69) is 35.2 Å². The fourth-order valence-corrected chi connectivity index (χ4v) is 5.73. The van der Waals surface area contributed by atoms with E-state index in [-0.39, 0.29) is 12.2 Å². The molecule has 154 valence electrons. The normalized spacial score (nSPS) is 25.7. The van der Waals surface area contributed by atoms with Crippen molar-refractivity contribution in [3.05, 3.63) is 64.2 Å². The number of phenols is 1. The number of rotatable bonds is 3. The first-order chi connectivity index (χ1) is 14.1. The summed E-state index contributed by atoms with van der Waals surface area (Å²) < 4.78 is 6.45. The maximum absolute atomic E-state index is 10.6. The molecule has 29 heavy (non-hydrogen) atoms. The number of likely N-dealkylation sites (tertiary alicyclic amines) is 1. The molecule has 2 aromatic carbocycles. The molecule has 4 nitrogen and oxygen atoms in total. The predicted octanol–water partition coefficient (Wildman–Crippen LogP) is 3.52. The Hall–Kier alpha value is -1.88. The summed E-state index contributed by atoms with van der Waals surface area (Å²) in [6.45, 7) is 4.72. The third-order valence-electron chi connectivity index (χ3n) is 7.47. The average Bonchev–Trinajstić information content (AvgIpc) is 3.20. The molecule has 1 saturated heterocycles. The maximum atomic E-state index is 10.6. The second-order valence-electron chi connectivity index (χ2n) is 9.11. The van der Waals surface area contributed by atoms with Crippen LogP contribution in [0.4, 0.5) is 0 Å². The molecule has 0 spiro atoms. The summed E-state index contributed by atoms with van der Waals surface area (Å²) in [6, 6.07) is 13.6. The zero-order valence-electron chi connectivity index (χ0n) is 17.3. The molecule has 5 rings (SSSR count). The first kappa shape index (κ1) is 19.1. The predicted molar refractivity (Wildman–Crippen MR) is 115 cm³/mol. The number of phenolic OH excluding ortho intramolecular Hbond substituents is 1. The largest absolute Gasteiger partial charge is 0.507 e. The molecule has 4 heteroatoms. The number of piperidine rings is 1. The number of hydrogen-bond acceptors (Lipinski definition) is 4. The molecule has 0 unspecified atom stereocenters. The van der Waals surface area contributed by atoms with E-state index in [0.717, 1.165) is 49.0 Å². The van der Waals surface area contributed by atoms with Gasteiger partial charge in [0.15, 0.2) is 0 Å². The molecule has 0 radical (unpaired) electrons. The smallest absolute Gasteiger partial charge is 0.122 e. The Labute approximate surface area is 173 Å². The van der Waals surface area contributed by atoms with Gasteiger partial charge in [-0.1, -0.05) is 36.4 Å². The molecule has 0 amide bonds. The lowest BCUT2D eigenvalue weighted by molar-refractivity contribution is -0.0667. The molecule has 0 aromatic heterocycles. The molecule has 1 aliphatic carbocycles. The Morgan fingerprint density at radius 3 is 2.38 bits per heavy atom. The molecule has 2 aliphatic heterocycles. The summed E-state index contributed by atoms with van der Waals surface area (Å²) in [6.07, 6.45) is 5.57. The van der Waals surface area contributed by atoms with E-state index in [1.807, 2.05) is 13.0 Å². The minimum atomic E-state index is -0.0994. The SMILES string of the molecule is Cc1ccc2c(c1O)C[C@@H](C1CCN(C3Cc4ccccc4C3)CC1)O[C@H]2CN. The Morgan fingerprint density at radius 2 is 1.72 bits per heavy atom. The van der Waals surface area contributed by atoms with Gasteiger partial charge in [-0.3, -0.25) is 4.90 Å². The molecular weight excluding hydrogens is 360 g/mol. The van der Waals surface area contributed by atoms with Crippen molar-refractivity contribution in [2.24, 2.45) is 11.7 Å². The van der Waals surface area contributed by atoms with E-state index in [1.54, 1.807) is 0 Å². The van der Waals surface area contributed by atoms with Crippen molar-refractivity contribution in [2.75, 3.05) is 19.6 Å². The van der Waals surface area contributed by atoms with Gasteiger partial charge >= 0.3 is 0 Å². The van der Waals surface area contributed by atoms with Gasteiger partial charge in [0.25, 0.3) is 0 Å². The van der Waals surface area contributed by atoms with Gasteiger partial charge in [-0.05, 0) is 73.9 Å². The van der Waals surface area contributed by atoms with Gasteiger partial charge in [0.05, 0.1) is 12.2 Å². The van der Waals surface area contributed by atoms with Crippen LogP contribution in [0, 0.1) is 12.8 Å². The number of aryl methyl sites for hydroxylation is 1. The number of benzene rings is 2. The molecule has 2 aromatic rings. The van der Waals surface area contributed by atoms with Crippen molar-refractivity contribution in [1.29, 1.82) is 0 Å². The van der Waals surface area contributed by atoms with E-state index < -0.39 is 0 Å². The van der Waals surface area contributed by atoms with Gasteiger partial charge in [0, 0.05) is 24.6 Å². The van der Waals surface area contributed by atoms with Crippen LogP contribution < -0.4 is 5.73 Å². The highest BCUT2D eigenvalue weighted by atomic mass is 16.5. The number of nitrogens with zero attached hydrogens (tertiary/aromatic N) is 1. The second kappa shape index (κ2) is 7.75. The van der Waals surface area contributed by atoms with Gasteiger partial charge in [-0.2, -0.15) is 0 Å². The van der Waals surface area contributed by atoms with Crippen LogP contribution in [0.15, 0.2) is 36.4 Å². The standard InChI is InChI=1S/C25H32N2O2/c1-16-6-7-21-22(25(16)28)14-23(29-24(21)15-26)17-8-10-27(11-9-17)20-12-18-4-2-3-5-19(18)13-20/h2-7,17,20,23-24,28H,8-15,26H2,1H3/t23-,24-/m0/s1. The van der Waals surface area contributed by atoms with Crippen molar-refractivity contribution < 1.29 is 9.84 Å². The van der Waals surface area contributed by atoms with E-state index in [1.165, 1.54) is 24.0 Å². The van der Waals surface area contributed by atoms with Gasteiger partial charge < -0.3 is 15.6 Å². The van der Waals surface area contributed by atoms with Crippen LogP contribution in [-0.2, 0) is 24.0 Å². The van der Waals surface area contributed by atoms with E-state index >= 15 is 0 Å². The highest BCUT2D eigenvalue weighted by Gasteiger charge is 2.37. The molecule has 0 saturated carbocycles. The number of fused-ring (bicyclic) bond motifs is 2. The maximum Gasteiger partial charge on any atom is 0.122 e. The molecular formula is C25H32N2O2. The van der Waals surface area contributed by atoms with E-state index in [0.29, 0.717) is 24.3 Å². The topological polar surface area (TPSA) is 58.7 Å². The Bertz CT molecular complexity index is 863. The van der Waals surface area contributed by atoms with Crippen LogP contribution >= 0.6 is 0 Å². The highest BCUT2D eigenvalue weighted by Crippen LogP contribution is 2.40. The monoisotopic (exact) mass is 392 g/mol. The fraction of sp³-hybridized carbons (Fsp3) is 0.520. The highest BCUT2D eigenvalue weighted by molar-refractivity contribution is 5.47. The third-order valence-corrected chi connectivity index (χ3v) is 7.47. The molecule has 1 fully saturated rings. The van der Waals surface area contributed by atoms with Gasteiger partial charge in [0.1, 0.15) is 5.75 Å². The van der Waals surface area contributed by atoms with Crippen LogP contribution in [0.3, 0.4) is 0 Å². The third kappa shape index (κ3) is 3.48. The summed E-state index contributed by atoms with van der Waals surface area (Å²) in [4.78, 5) is 2.69. The van der Waals surface area contributed by atoms with Crippen LogP contribution in [0.2, 0.25) is 0 Å². The van der Waals surface area contributed by atoms with Crippen LogP contribution in [-0.4, -0.2) is 41.8 Å². The van der Waals surface area contributed by atoms with Gasteiger partial charge in [-0.25, -0.2) is 0 Å². The lowest BCUT2D eigenvalue weighted by Gasteiger charge is -2.42. The lowest BCUT2D eigenvalue weighted by Crippen LogP contribution is -2.46. The van der Waals surface area contributed by atoms with Crippen LogP contribution in [0.25, 0.3) is 0 Å². The van der Waals surface area contributed by atoms with Crippen molar-refractivity contribution in [3.63, 3.8) is 0 Å². The van der Waals surface area contributed by atoms with Gasteiger partial charge in [0.2, 0.25) is 0 Å². The molecule has 0 bridgehead atoms. The summed E-state index contributed by atoms with van der Waals surface area (Å²) in [5.74, 6) is 0.979. The fourth-order valence-electron chi connectivity index (χ4n) is 5.73. The molecule has 3 aliphatic rings. The minimum Gasteiger partial charge on any atom is -0.507 e. The lowest BCUT2D eigenvalue weighted by atomic mass is 9.82. The zero-order valence-corrected chi connectivity index (χ0v) is 17.3. The number of nitrogens with two attached hydrogens (primary N) is 1. The van der Waals surface area contributed by atoms with E-state index in [4.69, 9.17) is 10.5 Å².